The van der Waals surface area contributed by atoms with Crippen LogP contribution in [0.3, 0.4) is 0 Å². The number of halogens is 2. The fraction of sp³-hybridized carbons (Fsp3) is 0.292. The number of aryl methyl sites for hydroxylation is 1. The molecule has 1 unspecified atom stereocenters. The minimum atomic E-state index is -1.02. The van der Waals surface area contributed by atoms with E-state index in [1.807, 2.05) is 49.4 Å². The average Bonchev–Trinajstić information content (AvgIpc) is 3.08. The number of piperidine rings is 1. The van der Waals surface area contributed by atoms with Crippen LogP contribution < -0.4 is 0 Å². The number of nitrogens with one attached hydrogen (secondary N) is 1. The van der Waals surface area contributed by atoms with Gasteiger partial charge in [0.2, 0.25) is 0 Å². The Balaban J connectivity index is 1.56. The van der Waals surface area contributed by atoms with Crippen LogP contribution in [0.1, 0.15) is 41.3 Å². The SMILES string of the molecule is Cc1n[nH]c(Cl)c1C(c1ccccc1)N1CCC(O)(C#Cc2cccc(Cl)c2)CC1. The smallest absolute Gasteiger partial charge is 0.129 e. The van der Waals surface area contributed by atoms with E-state index in [-0.39, 0.29) is 6.04 Å². The van der Waals surface area contributed by atoms with Crippen molar-refractivity contribution in [2.24, 2.45) is 0 Å². The summed E-state index contributed by atoms with van der Waals surface area (Å²) in [4.78, 5) is 2.34. The molecule has 1 aromatic heterocycles. The maximum Gasteiger partial charge on any atom is 0.129 e. The minimum absolute atomic E-state index is 0.0251. The second kappa shape index (κ2) is 8.83. The molecule has 1 atom stereocenters. The first-order valence-corrected chi connectivity index (χ1v) is 10.7. The lowest BCUT2D eigenvalue weighted by atomic mass is 9.88. The van der Waals surface area contributed by atoms with Crippen molar-refractivity contribution in [1.29, 1.82) is 0 Å². The van der Waals surface area contributed by atoms with Gasteiger partial charge in [-0.25, -0.2) is 0 Å². The van der Waals surface area contributed by atoms with Gasteiger partial charge in [-0.2, -0.15) is 5.10 Å². The van der Waals surface area contributed by atoms with E-state index in [9.17, 15) is 5.11 Å². The van der Waals surface area contributed by atoms with E-state index >= 15 is 0 Å². The first-order chi connectivity index (χ1) is 14.5. The van der Waals surface area contributed by atoms with Crippen molar-refractivity contribution >= 4 is 23.2 Å². The molecule has 0 spiro atoms. The second-order valence-electron chi connectivity index (χ2n) is 7.68. The van der Waals surface area contributed by atoms with E-state index in [1.165, 1.54) is 0 Å². The number of aliphatic hydroxyl groups is 1. The van der Waals surface area contributed by atoms with Gasteiger partial charge in [-0.1, -0.05) is 71.4 Å². The predicted octanol–water partition coefficient (Wildman–Crippen LogP) is 4.99. The van der Waals surface area contributed by atoms with E-state index in [0.29, 0.717) is 36.1 Å². The number of H-pyrrole nitrogens is 1. The number of nitrogens with zero attached hydrogens (tertiary/aromatic N) is 2. The Morgan fingerprint density at radius 2 is 1.83 bits per heavy atom. The molecule has 30 heavy (non-hydrogen) atoms. The largest absolute Gasteiger partial charge is 0.377 e. The predicted molar refractivity (Wildman–Crippen MR) is 121 cm³/mol. The number of aromatic amines is 1. The van der Waals surface area contributed by atoms with Crippen molar-refractivity contribution in [1.82, 2.24) is 15.1 Å². The molecule has 4 rings (SSSR count). The lowest BCUT2D eigenvalue weighted by Crippen LogP contribution is -2.45. The van der Waals surface area contributed by atoms with E-state index in [4.69, 9.17) is 23.2 Å². The number of hydrogen-bond donors (Lipinski definition) is 2. The van der Waals surface area contributed by atoms with Crippen LogP contribution in [0.15, 0.2) is 54.6 Å². The van der Waals surface area contributed by atoms with Crippen molar-refractivity contribution in [3.63, 3.8) is 0 Å². The van der Waals surface area contributed by atoms with Gasteiger partial charge in [-0.05, 0) is 30.7 Å². The highest BCUT2D eigenvalue weighted by Gasteiger charge is 2.36. The molecule has 1 fully saturated rings. The lowest BCUT2D eigenvalue weighted by Gasteiger charge is -2.40. The number of hydrogen-bond acceptors (Lipinski definition) is 3. The van der Waals surface area contributed by atoms with Gasteiger partial charge in [0.05, 0.1) is 11.7 Å². The molecule has 0 saturated carbocycles. The van der Waals surface area contributed by atoms with Crippen LogP contribution >= 0.6 is 23.2 Å². The molecule has 2 aromatic carbocycles. The van der Waals surface area contributed by atoms with Gasteiger partial charge in [0.15, 0.2) is 0 Å². The normalized spacial score (nSPS) is 17.2. The summed E-state index contributed by atoms with van der Waals surface area (Å²) in [6.45, 7) is 3.35. The van der Waals surface area contributed by atoms with Gasteiger partial charge >= 0.3 is 0 Å². The summed E-state index contributed by atoms with van der Waals surface area (Å²) in [5.74, 6) is 6.15. The van der Waals surface area contributed by atoms with Gasteiger partial charge in [-0.15, -0.1) is 0 Å². The van der Waals surface area contributed by atoms with Crippen LogP contribution in [0.2, 0.25) is 10.2 Å². The third-order valence-corrected chi connectivity index (χ3v) is 6.11. The lowest BCUT2D eigenvalue weighted by molar-refractivity contribution is 0.0177. The van der Waals surface area contributed by atoms with Crippen LogP contribution in [0.5, 0.6) is 0 Å². The standard InChI is InChI=1S/C24H23Cl2N3O/c1-17-21(23(26)28-27-17)22(19-7-3-2-4-8-19)29-14-12-24(30,13-15-29)11-10-18-6-5-9-20(25)16-18/h2-9,16,22,30H,12-15H2,1H3,(H,27,28). The molecule has 1 aliphatic heterocycles. The van der Waals surface area contributed by atoms with Crippen LogP contribution in [0.4, 0.5) is 0 Å². The summed E-state index contributed by atoms with van der Waals surface area (Å²) < 4.78 is 0. The average molecular weight is 440 g/mol. The Kier molecular flexibility index (Phi) is 6.17. The molecule has 154 valence electrons. The van der Waals surface area contributed by atoms with E-state index in [1.54, 1.807) is 0 Å². The van der Waals surface area contributed by atoms with E-state index in [2.05, 4.69) is 39.1 Å². The highest BCUT2D eigenvalue weighted by molar-refractivity contribution is 6.30. The summed E-state index contributed by atoms with van der Waals surface area (Å²) in [6, 6.07) is 17.6. The molecule has 0 bridgehead atoms. The molecule has 1 aliphatic rings. The summed E-state index contributed by atoms with van der Waals surface area (Å²) in [5.41, 5.74) is 2.81. The Labute approximate surface area is 186 Å². The monoisotopic (exact) mass is 439 g/mol. The molecule has 2 N–H and O–H groups in total. The molecule has 0 amide bonds. The van der Waals surface area contributed by atoms with E-state index < -0.39 is 5.60 Å². The number of benzene rings is 2. The highest BCUT2D eigenvalue weighted by Crippen LogP contribution is 2.37. The Hall–Kier alpha value is -2.29. The van der Waals surface area contributed by atoms with Crippen molar-refractivity contribution < 1.29 is 5.11 Å². The first kappa shape index (κ1) is 21.0. The molecule has 4 nitrogen and oxygen atoms in total. The fourth-order valence-electron chi connectivity index (χ4n) is 3.96. The maximum atomic E-state index is 11.0. The zero-order valence-corrected chi connectivity index (χ0v) is 18.2. The van der Waals surface area contributed by atoms with Crippen LogP contribution in [0.25, 0.3) is 0 Å². The molecule has 3 aromatic rings. The van der Waals surface area contributed by atoms with Gasteiger partial charge in [0, 0.05) is 42.1 Å². The number of likely N-dealkylation sites (tertiary alicyclic amines) is 1. The number of aromatic nitrogens is 2. The second-order valence-corrected chi connectivity index (χ2v) is 8.49. The Morgan fingerprint density at radius 1 is 1.10 bits per heavy atom. The summed E-state index contributed by atoms with van der Waals surface area (Å²) in [5, 5.41) is 19.4. The zero-order chi connectivity index (χ0) is 21.1. The molecule has 2 heterocycles. The third-order valence-electron chi connectivity index (χ3n) is 5.59. The molecule has 0 radical (unpaired) electrons. The fourth-order valence-corrected chi connectivity index (χ4v) is 4.43. The van der Waals surface area contributed by atoms with Gasteiger partial charge in [-0.3, -0.25) is 10.00 Å². The first-order valence-electron chi connectivity index (χ1n) is 9.96. The van der Waals surface area contributed by atoms with Gasteiger partial charge < -0.3 is 5.11 Å². The number of rotatable bonds is 3. The summed E-state index contributed by atoms with van der Waals surface area (Å²) in [7, 11) is 0. The quantitative estimate of drug-likeness (QED) is 0.564. The zero-order valence-electron chi connectivity index (χ0n) is 16.7. The summed E-state index contributed by atoms with van der Waals surface area (Å²) in [6.07, 6.45) is 1.11. The topological polar surface area (TPSA) is 52.2 Å². The van der Waals surface area contributed by atoms with Crippen LogP contribution in [-0.4, -0.2) is 38.9 Å². The van der Waals surface area contributed by atoms with Crippen molar-refractivity contribution in [2.75, 3.05) is 13.1 Å². The summed E-state index contributed by atoms with van der Waals surface area (Å²) >= 11 is 12.5. The third kappa shape index (κ3) is 4.55. The maximum absolute atomic E-state index is 11.0. The minimum Gasteiger partial charge on any atom is -0.377 e. The molecular formula is C24H23Cl2N3O. The van der Waals surface area contributed by atoms with Gasteiger partial charge in [0.1, 0.15) is 10.8 Å². The van der Waals surface area contributed by atoms with Crippen molar-refractivity contribution in [3.8, 4) is 11.8 Å². The Morgan fingerprint density at radius 3 is 2.47 bits per heavy atom. The van der Waals surface area contributed by atoms with Crippen molar-refractivity contribution in [3.05, 3.63) is 87.2 Å². The van der Waals surface area contributed by atoms with Crippen LogP contribution in [-0.2, 0) is 0 Å². The van der Waals surface area contributed by atoms with Crippen molar-refractivity contribution in [2.45, 2.75) is 31.4 Å². The molecular weight excluding hydrogens is 417 g/mol. The molecule has 0 aliphatic carbocycles. The van der Waals surface area contributed by atoms with Gasteiger partial charge in [0.25, 0.3) is 0 Å². The molecule has 6 heteroatoms. The molecule has 1 saturated heterocycles. The van der Waals surface area contributed by atoms with Crippen LogP contribution in [0, 0.1) is 18.8 Å². The highest BCUT2D eigenvalue weighted by atomic mass is 35.5. The van der Waals surface area contributed by atoms with E-state index in [0.717, 1.165) is 22.4 Å². The Bertz CT molecular complexity index is 1060.